The van der Waals surface area contributed by atoms with Crippen LogP contribution in [0.15, 0.2) is 241 Å². The first-order valence-corrected chi connectivity index (χ1v) is 23.7. The molecule has 0 aliphatic heterocycles. The van der Waals surface area contributed by atoms with Crippen LogP contribution >= 0.6 is 0 Å². The number of benzene rings is 10. The summed E-state index contributed by atoms with van der Waals surface area (Å²) in [4.78, 5) is 9.78. The Balaban J connectivity index is 0.855. The molecule has 0 atom stereocenters. The molecule has 0 bridgehead atoms. The molecule has 5 aromatic heterocycles. The highest BCUT2D eigenvalue weighted by molar-refractivity contribution is 6.14. The third kappa shape index (κ3) is 5.68. The highest BCUT2D eigenvalue weighted by Gasteiger charge is 2.21. The van der Waals surface area contributed by atoms with Gasteiger partial charge in [0.2, 0.25) is 0 Å². The van der Waals surface area contributed by atoms with Crippen molar-refractivity contribution in [3.05, 3.63) is 237 Å². The van der Waals surface area contributed by atoms with Crippen LogP contribution in [0.1, 0.15) is 0 Å². The van der Waals surface area contributed by atoms with E-state index in [0.717, 1.165) is 72.5 Å². The summed E-state index contributed by atoms with van der Waals surface area (Å²) in [7, 11) is 0. The Kier molecular flexibility index (Phi) is 8.26. The number of rotatable bonds is 6. The molecule has 10 aromatic carbocycles. The maximum Gasteiger partial charge on any atom is 0.180 e. The molecule has 0 radical (unpaired) electrons. The standard InChI is InChI=1S/C64H39N5O/c1-2-17-44(18-3-1)67-58-30-11-7-24-51(58)54-37-40(32-34-59(54)67)41-31-33-52-50-23-6-10-29-57(50)69(60(52)38-41)46-20-13-16-43(36-46)61-64-62(66-39-65-61)53-26-14-25-47(63(53)70-64)42-15-12-19-45(35-42)68-55-27-8-4-21-48(55)49-22-5-9-28-56(49)68/h1-39H. The average Bonchev–Trinajstić information content (AvgIpc) is 4.17. The first-order chi connectivity index (χ1) is 34.7. The van der Waals surface area contributed by atoms with E-state index in [2.05, 4.69) is 244 Å². The van der Waals surface area contributed by atoms with Crippen LogP contribution in [0, 0.1) is 0 Å². The van der Waals surface area contributed by atoms with Crippen LogP contribution in [-0.4, -0.2) is 23.7 Å². The van der Waals surface area contributed by atoms with Crippen molar-refractivity contribution in [1.29, 1.82) is 0 Å². The van der Waals surface area contributed by atoms with Crippen molar-refractivity contribution in [1.82, 2.24) is 23.7 Å². The van der Waals surface area contributed by atoms with E-state index in [1.807, 2.05) is 0 Å². The van der Waals surface area contributed by atoms with E-state index in [1.54, 1.807) is 6.33 Å². The van der Waals surface area contributed by atoms with Gasteiger partial charge in [0.15, 0.2) is 5.58 Å². The number of para-hydroxylation sites is 6. The molecule has 326 valence electrons. The summed E-state index contributed by atoms with van der Waals surface area (Å²) in [6, 6.07) is 82.8. The van der Waals surface area contributed by atoms with E-state index in [0.29, 0.717) is 5.58 Å². The van der Waals surface area contributed by atoms with Gasteiger partial charge >= 0.3 is 0 Å². The first-order valence-electron chi connectivity index (χ1n) is 23.7. The molecule has 6 heteroatoms. The molecule has 0 unspecified atom stereocenters. The minimum Gasteiger partial charge on any atom is -0.451 e. The van der Waals surface area contributed by atoms with Crippen molar-refractivity contribution in [3.63, 3.8) is 0 Å². The summed E-state index contributed by atoms with van der Waals surface area (Å²) in [5.74, 6) is 0. The van der Waals surface area contributed by atoms with Gasteiger partial charge in [-0.15, -0.1) is 0 Å². The molecule has 6 nitrogen and oxygen atoms in total. The van der Waals surface area contributed by atoms with Crippen LogP contribution in [0.3, 0.4) is 0 Å². The summed E-state index contributed by atoms with van der Waals surface area (Å²) in [5, 5.41) is 8.28. The van der Waals surface area contributed by atoms with E-state index >= 15 is 0 Å². The molecule has 15 aromatic rings. The van der Waals surface area contributed by atoms with Crippen molar-refractivity contribution < 1.29 is 4.42 Å². The second kappa shape index (κ2) is 15.0. The Morgan fingerprint density at radius 1 is 0.286 bits per heavy atom. The number of fused-ring (bicyclic) bond motifs is 12. The van der Waals surface area contributed by atoms with Gasteiger partial charge in [0, 0.05) is 65.9 Å². The molecule has 5 heterocycles. The third-order valence-corrected chi connectivity index (χ3v) is 14.3. The Hall–Kier alpha value is -9.52. The van der Waals surface area contributed by atoms with Gasteiger partial charge in [0.25, 0.3) is 0 Å². The lowest BCUT2D eigenvalue weighted by molar-refractivity contribution is 0.668. The van der Waals surface area contributed by atoms with E-state index in [1.165, 1.54) is 59.9 Å². The summed E-state index contributed by atoms with van der Waals surface area (Å²) in [5.41, 5.74) is 18.6. The third-order valence-electron chi connectivity index (χ3n) is 14.3. The summed E-state index contributed by atoms with van der Waals surface area (Å²) in [6.07, 6.45) is 1.66. The second-order valence-corrected chi connectivity index (χ2v) is 18.2. The summed E-state index contributed by atoms with van der Waals surface area (Å²) >= 11 is 0. The lowest BCUT2D eigenvalue weighted by Gasteiger charge is -2.11. The fourth-order valence-corrected chi connectivity index (χ4v) is 11.3. The largest absolute Gasteiger partial charge is 0.451 e. The van der Waals surface area contributed by atoms with Crippen molar-refractivity contribution >= 4 is 87.5 Å². The van der Waals surface area contributed by atoms with Gasteiger partial charge in [-0.2, -0.15) is 0 Å². The van der Waals surface area contributed by atoms with Crippen LogP contribution in [0.2, 0.25) is 0 Å². The molecule has 0 saturated carbocycles. The smallest absolute Gasteiger partial charge is 0.180 e. The highest BCUT2D eigenvalue weighted by Crippen LogP contribution is 2.42. The Morgan fingerprint density at radius 2 is 0.771 bits per heavy atom. The quantitative estimate of drug-likeness (QED) is 0.167. The van der Waals surface area contributed by atoms with Gasteiger partial charge in [-0.1, -0.05) is 146 Å². The summed E-state index contributed by atoms with van der Waals surface area (Å²) in [6.45, 7) is 0. The minimum atomic E-state index is 0.661. The Labute approximate surface area is 401 Å². The zero-order valence-corrected chi connectivity index (χ0v) is 37.7. The zero-order chi connectivity index (χ0) is 45.9. The highest BCUT2D eigenvalue weighted by atomic mass is 16.3. The number of aromatic nitrogens is 5. The van der Waals surface area contributed by atoms with E-state index in [4.69, 9.17) is 14.4 Å². The van der Waals surface area contributed by atoms with Crippen molar-refractivity contribution in [2.24, 2.45) is 0 Å². The fraction of sp³-hybridized carbons (Fsp3) is 0. The number of hydrogen-bond acceptors (Lipinski definition) is 3. The predicted octanol–water partition coefficient (Wildman–Crippen LogP) is 16.7. The van der Waals surface area contributed by atoms with Crippen LogP contribution in [0.25, 0.3) is 138 Å². The molecular formula is C64H39N5O. The summed E-state index contributed by atoms with van der Waals surface area (Å²) < 4.78 is 14.1. The van der Waals surface area contributed by atoms with Gasteiger partial charge in [-0.25, -0.2) is 9.97 Å². The van der Waals surface area contributed by atoms with Crippen molar-refractivity contribution in [2.75, 3.05) is 0 Å². The monoisotopic (exact) mass is 893 g/mol. The Bertz CT molecular complexity index is 4550. The molecule has 0 aliphatic carbocycles. The van der Waals surface area contributed by atoms with E-state index < -0.39 is 0 Å². The van der Waals surface area contributed by atoms with Crippen LogP contribution in [0.4, 0.5) is 0 Å². The van der Waals surface area contributed by atoms with Gasteiger partial charge in [0.05, 0.1) is 33.1 Å². The molecule has 0 fully saturated rings. The average molecular weight is 894 g/mol. The molecule has 0 amide bonds. The minimum absolute atomic E-state index is 0.661. The Morgan fingerprint density at radius 3 is 1.46 bits per heavy atom. The SMILES string of the molecule is c1ccc(-n2c3ccccc3c3cc(-c4ccc5c6ccccc6n(-c6cccc(-c7ncnc8c7oc7c(-c9cccc(-n%10c%11ccccc%11c%11ccccc%11%10)c9)cccc78)c6)c5c4)ccc32)cc1. The number of nitrogens with zero attached hydrogens (tertiary/aromatic N) is 5. The van der Waals surface area contributed by atoms with E-state index in [9.17, 15) is 0 Å². The lowest BCUT2D eigenvalue weighted by Crippen LogP contribution is -1.95. The molecule has 70 heavy (non-hydrogen) atoms. The molecule has 0 N–H and O–H groups in total. The van der Waals surface area contributed by atoms with Crippen LogP contribution in [0.5, 0.6) is 0 Å². The predicted molar refractivity (Wildman–Crippen MR) is 289 cm³/mol. The van der Waals surface area contributed by atoms with Crippen molar-refractivity contribution in [3.8, 4) is 50.6 Å². The van der Waals surface area contributed by atoms with Gasteiger partial charge in [-0.3, -0.25) is 0 Å². The topological polar surface area (TPSA) is 53.7 Å². The first kappa shape index (κ1) is 38.6. The number of furan rings is 1. The van der Waals surface area contributed by atoms with E-state index in [-0.39, 0.29) is 0 Å². The normalized spacial score (nSPS) is 12.0. The van der Waals surface area contributed by atoms with Gasteiger partial charge < -0.3 is 18.1 Å². The molecule has 0 spiro atoms. The molecule has 0 aliphatic rings. The molecular weight excluding hydrogens is 855 g/mol. The fourth-order valence-electron chi connectivity index (χ4n) is 11.3. The number of hydrogen-bond donors (Lipinski definition) is 0. The zero-order valence-electron chi connectivity index (χ0n) is 37.7. The lowest BCUT2D eigenvalue weighted by atomic mass is 10.0. The molecule has 0 saturated heterocycles. The van der Waals surface area contributed by atoms with Crippen LogP contribution in [-0.2, 0) is 0 Å². The second-order valence-electron chi connectivity index (χ2n) is 18.2. The maximum absolute atomic E-state index is 6.97. The maximum atomic E-state index is 6.97. The van der Waals surface area contributed by atoms with Crippen molar-refractivity contribution in [2.45, 2.75) is 0 Å². The van der Waals surface area contributed by atoms with Gasteiger partial charge in [-0.05, 0) is 102 Å². The van der Waals surface area contributed by atoms with Crippen LogP contribution < -0.4 is 0 Å². The molecule has 15 rings (SSSR count). The van der Waals surface area contributed by atoms with Gasteiger partial charge in [0.1, 0.15) is 23.1 Å².